The fraction of sp³-hybridized carbons (Fsp3) is 0.273. The minimum atomic E-state index is -4.45. The molecular weight excluding hydrogens is 221 g/mol. The first-order valence-corrected chi connectivity index (χ1v) is 4.58. The molecule has 2 nitrogen and oxygen atoms in total. The summed E-state index contributed by atoms with van der Waals surface area (Å²) < 4.78 is 42.1. The molecule has 0 atom stereocenters. The number of rotatable bonds is 3. The normalized spacial score (nSPS) is 11.2. The SMILES string of the molecule is C=C(OCC)c1cc(C(F)(F)F)ccc1O. The largest absolute Gasteiger partial charge is 0.507 e. The summed E-state index contributed by atoms with van der Waals surface area (Å²) in [6.07, 6.45) is -4.45. The predicted molar refractivity (Wildman–Crippen MR) is 53.8 cm³/mol. The quantitative estimate of drug-likeness (QED) is 0.809. The predicted octanol–water partition coefficient (Wildman–Crippen LogP) is 3.42. The number of hydrogen-bond acceptors (Lipinski definition) is 2. The van der Waals surface area contributed by atoms with Gasteiger partial charge in [-0.15, -0.1) is 0 Å². The number of phenols is 1. The van der Waals surface area contributed by atoms with Gasteiger partial charge in [-0.05, 0) is 25.1 Å². The van der Waals surface area contributed by atoms with Crippen LogP contribution in [0.25, 0.3) is 5.76 Å². The van der Waals surface area contributed by atoms with Gasteiger partial charge in [0.2, 0.25) is 0 Å². The summed E-state index contributed by atoms with van der Waals surface area (Å²) in [4.78, 5) is 0. The summed E-state index contributed by atoms with van der Waals surface area (Å²) in [5.41, 5.74) is -0.891. The average molecular weight is 232 g/mol. The minimum absolute atomic E-state index is 0.0195. The molecule has 1 N–H and O–H groups in total. The second-order valence-corrected chi connectivity index (χ2v) is 3.09. The van der Waals surface area contributed by atoms with Crippen molar-refractivity contribution in [2.45, 2.75) is 13.1 Å². The lowest BCUT2D eigenvalue weighted by atomic mass is 10.1. The van der Waals surface area contributed by atoms with Gasteiger partial charge in [0.05, 0.1) is 17.7 Å². The summed E-state index contributed by atoms with van der Waals surface area (Å²) in [6, 6.07) is 2.59. The van der Waals surface area contributed by atoms with Crippen molar-refractivity contribution in [3.8, 4) is 5.75 Å². The van der Waals surface area contributed by atoms with E-state index in [0.29, 0.717) is 0 Å². The maximum absolute atomic E-state index is 12.4. The zero-order valence-electron chi connectivity index (χ0n) is 8.64. The van der Waals surface area contributed by atoms with E-state index in [4.69, 9.17) is 4.74 Å². The van der Waals surface area contributed by atoms with Crippen LogP contribution in [0.2, 0.25) is 0 Å². The summed E-state index contributed by atoms with van der Waals surface area (Å²) >= 11 is 0. The van der Waals surface area contributed by atoms with Crippen LogP contribution in [0.4, 0.5) is 13.2 Å². The summed E-state index contributed by atoms with van der Waals surface area (Å²) in [6.45, 7) is 5.40. The number of ether oxygens (including phenoxy) is 1. The molecule has 0 bridgehead atoms. The molecule has 0 radical (unpaired) electrons. The number of alkyl halides is 3. The first-order valence-electron chi connectivity index (χ1n) is 4.58. The molecule has 0 unspecified atom stereocenters. The van der Waals surface area contributed by atoms with Gasteiger partial charge in [-0.25, -0.2) is 0 Å². The van der Waals surface area contributed by atoms with Gasteiger partial charge < -0.3 is 9.84 Å². The van der Waals surface area contributed by atoms with Crippen molar-refractivity contribution in [1.82, 2.24) is 0 Å². The van der Waals surface area contributed by atoms with Crippen LogP contribution in [-0.4, -0.2) is 11.7 Å². The molecule has 0 fully saturated rings. The van der Waals surface area contributed by atoms with E-state index >= 15 is 0 Å². The second-order valence-electron chi connectivity index (χ2n) is 3.09. The number of aromatic hydroxyl groups is 1. The number of phenolic OH excluding ortho intramolecular Hbond substituents is 1. The first kappa shape index (κ1) is 12.4. The Bertz CT molecular complexity index is 397. The first-order chi connectivity index (χ1) is 7.36. The van der Waals surface area contributed by atoms with Crippen LogP contribution in [0.5, 0.6) is 5.75 Å². The van der Waals surface area contributed by atoms with E-state index in [9.17, 15) is 18.3 Å². The highest BCUT2D eigenvalue weighted by Crippen LogP contribution is 2.34. The van der Waals surface area contributed by atoms with Crippen LogP contribution in [0.3, 0.4) is 0 Å². The maximum atomic E-state index is 12.4. The van der Waals surface area contributed by atoms with E-state index in [2.05, 4.69) is 6.58 Å². The molecule has 88 valence electrons. The Hall–Kier alpha value is -1.65. The lowest BCUT2D eigenvalue weighted by Crippen LogP contribution is -2.05. The zero-order chi connectivity index (χ0) is 12.3. The molecule has 5 heteroatoms. The van der Waals surface area contributed by atoms with E-state index in [1.54, 1.807) is 6.92 Å². The van der Waals surface area contributed by atoms with Crippen LogP contribution >= 0.6 is 0 Å². The Balaban J connectivity index is 3.14. The maximum Gasteiger partial charge on any atom is 0.416 e. The third-order valence-corrected chi connectivity index (χ3v) is 1.94. The highest BCUT2D eigenvalue weighted by Gasteiger charge is 2.31. The van der Waals surface area contributed by atoms with Crippen molar-refractivity contribution in [3.63, 3.8) is 0 Å². The minimum Gasteiger partial charge on any atom is -0.507 e. The topological polar surface area (TPSA) is 29.5 Å². The summed E-state index contributed by atoms with van der Waals surface area (Å²) in [7, 11) is 0. The Labute approximate surface area is 91.0 Å². The van der Waals surface area contributed by atoms with Crippen molar-refractivity contribution in [2.24, 2.45) is 0 Å². The molecule has 0 saturated carbocycles. The number of halogens is 3. The average Bonchev–Trinajstić information content (AvgIpc) is 2.16. The van der Waals surface area contributed by atoms with Crippen molar-refractivity contribution >= 4 is 5.76 Å². The van der Waals surface area contributed by atoms with Gasteiger partial charge in [0.1, 0.15) is 11.5 Å². The molecule has 0 saturated heterocycles. The highest BCUT2D eigenvalue weighted by molar-refractivity contribution is 5.64. The Kier molecular flexibility index (Phi) is 3.47. The van der Waals surface area contributed by atoms with Crippen molar-refractivity contribution in [3.05, 3.63) is 35.9 Å². The van der Waals surface area contributed by atoms with Crippen molar-refractivity contribution in [1.29, 1.82) is 0 Å². The van der Waals surface area contributed by atoms with Gasteiger partial charge in [0, 0.05) is 0 Å². The Morgan fingerprint density at radius 3 is 2.56 bits per heavy atom. The molecular formula is C11H11F3O2. The highest BCUT2D eigenvalue weighted by atomic mass is 19.4. The van der Waals surface area contributed by atoms with Crippen LogP contribution in [0.15, 0.2) is 24.8 Å². The van der Waals surface area contributed by atoms with E-state index in [0.717, 1.165) is 18.2 Å². The molecule has 16 heavy (non-hydrogen) atoms. The van der Waals surface area contributed by atoms with Gasteiger partial charge >= 0.3 is 6.18 Å². The zero-order valence-corrected chi connectivity index (χ0v) is 8.64. The van der Waals surface area contributed by atoms with Gasteiger partial charge in [-0.1, -0.05) is 6.58 Å². The van der Waals surface area contributed by atoms with Crippen molar-refractivity contribution in [2.75, 3.05) is 6.61 Å². The molecule has 0 amide bonds. The van der Waals surface area contributed by atoms with Crippen LogP contribution in [0, 0.1) is 0 Å². The Morgan fingerprint density at radius 2 is 2.06 bits per heavy atom. The number of benzene rings is 1. The molecule has 1 aromatic rings. The molecule has 0 aliphatic heterocycles. The molecule has 0 aliphatic carbocycles. The number of hydrogen-bond donors (Lipinski definition) is 1. The third kappa shape index (κ3) is 2.68. The van der Waals surface area contributed by atoms with E-state index in [1.165, 1.54) is 0 Å². The van der Waals surface area contributed by atoms with Crippen LogP contribution in [0.1, 0.15) is 18.1 Å². The molecule has 1 rings (SSSR count). The second kappa shape index (κ2) is 4.47. The monoisotopic (exact) mass is 232 g/mol. The standard InChI is InChI=1S/C11H11F3O2/c1-3-16-7(2)9-6-8(11(12,13)14)4-5-10(9)15/h4-6,15H,2-3H2,1H3. The lowest BCUT2D eigenvalue weighted by molar-refractivity contribution is -0.137. The van der Waals surface area contributed by atoms with E-state index < -0.39 is 11.7 Å². The van der Waals surface area contributed by atoms with Gasteiger partial charge in [0.25, 0.3) is 0 Å². The van der Waals surface area contributed by atoms with Crippen LogP contribution in [-0.2, 0) is 10.9 Å². The summed E-state index contributed by atoms with van der Waals surface area (Å²) in [5.74, 6) is -0.266. The van der Waals surface area contributed by atoms with E-state index in [-0.39, 0.29) is 23.7 Å². The fourth-order valence-corrected chi connectivity index (χ4v) is 1.19. The van der Waals surface area contributed by atoms with Gasteiger partial charge in [-0.2, -0.15) is 13.2 Å². The lowest BCUT2D eigenvalue weighted by Gasteiger charge is -2.12. The summed E-state index contributed by atoms with van der Waals surface area (Å²) in [5, 5.41) is 9.39. The van der Waals surface area contributed by atoms with Crippen LogP contribution < -0.4 is 0 Å². The fourth-order valence-electron chi connectivity index (χ4n) is 1.19. The van der Waals surface area contributed by atoms with Gasteiger partial charge in [0.15, 0.2) is 0 Å². The third-order valence-electron chi connectivity index (χ3n) is 1.94. The molecule has 1 aromatic carbocycles. The smallest absolute Gasteiger partial charge is 0.416 e. The molecule has 0 spiro atoms. The molecule has 0 heterocycles. The molecule has 0 aromatic heterocycles. The van der Waals surface area contributed by atoms with Crippen molar-refractivity contribution < 1.29 is 23.0 Å². The van der Waals surface area contributed by atoms with Gasteiger partial charge in [-0.3, -0.25) is 0 Å². The Morgan fingerprint density at radius 1 is 1.44 bits per heavy atom. The molecule has 0 aliphatic rings. The van der Waals surface area contributed by atoms with E-state index in [1.807, 2.05) is 0 Å².